The molecule has 0 aliphatic rings. The number of nitrogens with zero attached hydrogens (tertiary/aromatic N) is 2. The number of imidazole rings is 1. The maximum atomic E-state index is 5.29. The topological polar surface area (TPSA) is 17.8 Å². The van der Waals surface area contributed by atoms with Crippen molar-refractivity contribution in [2.24, 2.45) is 0 Å². The zero-order valence-corrected chi connectivity index (χ0v) is 21.1. The molecule has 2 aromatic heterocycles. The molecule has 2 heterocycles. The molecule has 0 aliphatic carbocycles. The van der Waals surface area contributed by atoms with Crippen molar-refractivity contribution in [3.63, 3.8) is 0 Å². The lowest BCUT2D eigenvalue weighted by atomic mass is 9.82. The van der Waals surface area contributed by atoms with E-state index in [1.807, 2.05) is 0 Å². The average Bonchev–Trinajstić information content (AvgIpc) is 3.34. The van der Waals surface area contributed by atoms with Crippen molar-refractivity contribution in [2.45, 2.75) is 40.0 Å². The summed E-state index contributed by atoms with van der Waals surface area (Å²) in [6.07, 6.45) is 0. The van der Waals surface area contributed by atoms with Gasteiger partial charge in [-0.2, -0.15) is 0 Å². The zero-order chi connectivity index (χ0) is 23.6. The van der Waals surface area contributed by atoms with Crippen LogP contribution in [0.3, 0.4) is 0 Å². The van der Waals surface area contributed by atoms with Crippen molar-refractivity contribution in [3.05, 3.63) is 95.6 Å². The molecule has 0 bridgehead atoms. The van der Waals surface area contributed by atoms with Crippen molar-refractivity contribution >= 4 is 42.5 Å². The first-order valence-corrected chi connectivity index (χ1v) is 12.6. The van der Waals surface area contributed by atoms with Gasteiger partial charge in [-0.15, -0.1) is 11.3 Å². The predicted molar refractivity (Wildman–Crippen MR) is 148 cm³/mol. The van der Waals surface area contributed by atoms with Crippen LogP contribution in [0.15, 0.2) is 78.9 Å². The first-order chi connectivity index (χ1) is 16.3. The number of rotatable bonds is 2. The molecule has 0 aliphatic heterocycles. The molecule has 0 unspecified atom stereocenters. The maximum absolute atomic E-state index is 5.29. The third kappa shape index (κ3) is 3.19. The molecule has 0 amide bonds. The molecular weight excluding hydrogens is 432 g/mol. The fourth-order valence-electron chi connectivity index (χ4n) is 5.19. The Morgan fingerprint density at radius 1 is 0.765 bits per heavy atom. The lowest BCUT2D eigenvalue weighted by Crippen LogP contribution is -2.12. The van der Waals surface area contributed by atoms with E-state index in [0.29, 0.717) is 0 Å². The molecule has 0 spiro atoms. The molecule has 0 fully saturated rings. The van der Waals surface area contributed by atoms with Crippen LogP contribution in [0.1, 0.15) is 37.5 Å². The van der Waals surface area contributed by atoms with Gasteiger partial charge in [-0.05, 0) is 64.9 Å². The molecule has 168 valence electrons. The Hall–Kier alpha value is -3.43. The largest absolute Gasteiger partial charge is 0.290 e. The number of fused-ring (bicyclic) bond motifs is 4. The van der Waals surface area contributed by atoms with Gasteiger partial charge in [0, 0.05) is 15.6 Å². The van der Waals surface area contributed by atoms with E-state index in [-0.39, 0.29) is 5.41 Å². The first-order valence-electron chi connectivity index (χ1n) is 11.8. The van der Waals surface area contributed by atoms with E-state index in [4.69, 9.17) is 4.98 Å². The van der Waals surface area contributed by atoms with Crippen LogP contribution < -0.4 is 0 Å². The van der Waals surface area contributed by atoms with Crippen LogP contribution in [0.2, 0.25) is 0 Å². The smallest absolute Gasteiger partial charge is 0.146 e. The summed E-state index contributed by atoms with van der Waals surface area (Å²) < 4.78 is 3.69. The van der Waals surface area contributed by atoms with Gasteiger partial charge in [0.15, 0.2) is 0 Å². The van der Waals surface area contributed by atoms with Crippen LogP contribution in [0.4, 0.5) is 0 Å². The number of aryl methyl sites for hydroxylation is 2. The Morgan fingerprint density at radius 3 is 2.18 bits per heavy atom. The zero-order valence-electron chi connectivity index (χ0n) is 20.3. The number of para-hydroxylation sites is 1. The molecule has 0 saturated heterocycles. The number of thiophene rings is 1. The third-order valence-electron chi connectivity index (χ3n) is 6.79. The fraction of sp³-hybridized carbons (Fsp3) is 0.194. The average molecular weight is 461 g/mol. The molecule has 2 nitrogen and oxygen atoms in total. The molecule has 4 aromatic carbocycles. The van der Waals surface area contributed by atoms with Crippen molar-refractivity contribution in [1.29, 1.82) is 0 Å². The summed E-state index contributed by atoms with van der Waals surface area (Å²) in [7, 11) is 0. The Bertz CT molecular complexity index is 1690. The SMILES string of the molecule is Cc1cccc(C)c1-n1c(-c2cc(C(C)(C)C)c3ccccc3c2)nc2sc3ccccc3c21. The minimum Gasteiger partial charge on any atom is -0.290 e. The summed E-state index contributed by atoms with van der Waals surface area (Å²) in [6.45, 7) is 11.3. The van der Waals surface area contributed by atoms with Crippen LogP contribution in [0.25, 0.3) is 48.3 Å². The highest BCUT2D eigenvalue weighted by molar-refractivity contribution is 7.25. The Morgan fingerprint density at radius 2 is 1.44 bits per heavy atom. The second-order valence-electron chi connectivity index (χ2n) is 10.3. The van der Waals surface area contributed by atoms with Gasteiger partial charge >= 0.3 is 0 Å². The Labute approximate surface area is 204 Å². The highest BCUT2D eigenvalue weighted by Crippen LogP contribution is 2.41. The lowest BCUT2D eigenvalue weighted by Gasteiger charge is -2.23. The van der Waals surface area contributed by atoms with E-state index in [1.54, 1.807) is 11.3 Å². The summed E-state index contributed by atoms with van der Waals surface area (Å²) in [5, 5.41) is 3.84. The number of benzene rings is 4. The summed E-state index contributed by atoms with van der Waals surface area (Å²) in [5.41, 5.74) is 7.49. The number of aromatic nitrogens is 2. The van der Waals surface area contributed by atoms with Gasteiger partial charge in [-0.1, -0.05) is 81.4 Å². The fourth-order valence-corrected chi connectivity index (χ4v) is 6.25. The monoisotopic (exact) mass is 460 g/mol. The number of hydrogen-bond donors (Lipinski definition) is 0. The summed E-state index contributed by atoms with van der Waals surface area (Å²) in [6, 6.07) is 28.6. The van der Waals surface area contributed by atoms with Crippen LogP contribution in [-0.2, 0) is 5.41 Å². The maximum Gasteiger partial charge on any atom is 0.146 e. The van der Waals surface area contributed by atoms with E-state index in [9.17, 15) is 0 Å². The Kier molecular flexibility index (Phi) is 4.69. The molecule has 34 heavy (non-hydrogen) atoms. The van der Waals surface area contributed by atoms with Crippen LogP contribution >= 0.6 is 11.3 Å². The van der Waals surface area contributed by atoms with Crippen molar-refractivity contribution < 1.29 is 0 Å². The van der Waals surface area contributed by atoms with E-state index >= 15 is 0 Å². The molecule has 3 heteroatoms. The van der Waals surface area contributed by atoms with E-state index in [1.165, 1.54) is 54.3 Å². The minimum absolute atomic E-state index is 0.0235. The molecule has 6 aromatic rings. The lowest BCUT2D eigenvalue weighted by molar-refractivity contribution is 0.596. The molecule has 0 radical (unpaired) electrons. The van der Waals surface area contributed by atoms with Gasteiger partial charge in [-0.25, -0.2) is 4.98 Å². The Balaban J connectivity index is 1.77. The second-order valence-corrected chi connectivity index (χ2v) is 11.3. The normalized spacial score (nSPS) is 12.3. The quantitative estimate of drug-likeness (QED) is 0.252. The standard InChI is InChI=1S/C31H28N2S/c1-19-11-10-12-20(2)27(19)33-28-24-15-8-9-16-26(24)34-30(28)32-29(33)22-17-21-13-6-7-14-23(21)25(18-22)31(3,4)5/h6-18H,1-5H3. The molecule has 0 atom stereocenters. The summed E-state index contributed by atoms with van der Waals surface area (Å²) in [4.78, 5) is 6.38. The summed E-state index contributed by atoms with van der Waals surface area (Å²) >= 11 is 1.78. The van der Waals surface area contributed by atoms with Gasteiger partial charge in [0.1, 0.15) is 10.7 Å². The molecule has 6 rings (SSSR count). The van der Waals surface area contributed by atoms with Gasteiger partial charge in [-0.3, -0.25) is 4.57 Å². The predicted octanol–water partition coefficient (Wildman–Crippen LogP) is 8.97. The van der Waals surface area contributed by atoms with Gasteiger partial charge in [0.05, 0.1) is 11.2 Å². The van der Waals surface area contributed by atoms with Gasteiger partial charge < -0.3 is 0 Å². The number of hydrogen-bond acceptors (Lipinski definition) is 2. The van der Waals surface area contributed by atoms with Gasteiger partial charge in [0.25, 0.3) is 0 Å². The summed E-state index contributed by atoms with van der Waals surface area (Å²) in [5.74, 6) is 1.01. The minimum atomic E-state index is 0.0235. The van der Waals surface area contributed by atoms with Gasteiger partial charge in [0.2, 0.25) is 0 Å². The molecule has 0 N–H and O–H groups in total. The van der Waals surface area contributed by atoms with Crippen molar-refractivity contribution in [2.75, 3.05) is 0 Å². The first kappa shape index (κ1) is 21.1. The van der Waals surface area contributed by atoms with Crippen LogP contribution in [0, 0.1) is 13.8 Å². The third-order valence-corrected chi connectivity index (χ3v) is 7.84. The molecular formula is C31H28N2S. The van der Waals surface area contributed by atoms with Crippen LogP contribution in [0.5, 0.6) is 0 Å². The van der Waals surface area contributed by atoms with E-state index in [2.05, 4.69) is 118 Å². The van der Waals surface area contributed by atoms with Crippen LogP contribution in [-0.4, -0.2) is 9.55 Å². The van der Waals surface area contributed by atoms with Crippen molar-refractivity contribution in [3.8, 4) is 17.1 Å². The molecule has 0 saturated carbocycles. The van der Waals surface area contributed by atoms with Crippen molar-refractivity contribution in [1.82, 2.24) is 9.55 Å². The van der Waals surface area contributed by atoms with E-state index < -0.39 is 0 Å². The second kappa shape index (κ2) is 7.54. The highest BCUT2D eigenvalue weighted by atomic mass is 32.1. The van der Waals surface area contributed by atoms with E-state index in [0.717, 1.165) is 10.7 Å². The highest BCUT2D eigenvalue weighted by Gasteiger charge is 2.24.